The topological polar surface area (TPSA) is 76.2 Å². The second kappa shape index (κ2) is 6.98. The second-order valence-electron chi connectivity index (χ2n) is 5.05. The quantitative estimate of drug-likeness (QED) is 0.685. The molecule has 0 saturated heterocycles. The maximum atomic E-state index is 6.38. The predicted octanol–water partition coefficient (Wildman–Crippen LogP) is 4.23. The lowest BCUT2D eigenvalue weighted by Gasteiger charge is -2.06. The van der Waals surface area contributed by atoms with Gasteiger partial charge in [-0.15, -0.1) is 11.3 Å². The van der Waals surface area contributed by atoms with Crippen LogP contribution in [0.15, 0.2) is 47.4 Å². The lowest BCUT2D eigenvalue weighted by molar-refractivity contribution is 1.20. The van der Waals surface area contributed by atoms with Crippen LogP contribution in [0, 0.1) is 6.92 Å². The van der Waals surface area contributed by atoms with Gasteiger partial charge >= 0.3 is 0 Å². The van der Waals surface area contributed by atoms with E-state index in [1.54, 1.807) is 30.8 Å². The number of aromatic nitrogens is 2. The maximum absolute atomic E-state index is 6.38. The number of hydrogen-bond acceptors (Lipinski definition) is 6. The van der Waals surface area contributed by atoms with E-state index in [1.165, 1.54) is 6.20 Å². The number of nitrogens with one attached hydrogen (secondary N) is 1. The highest BCUT2D eigenvalue weighted by Crippen LogP contribution is 2.40. The van der Waals surface area contributed by atoms with Crippen molar-refractivity contribution in [2.45, 2.75) is 6.92 Å². The summed E-state index contributed by atoms with van der Waals surface area (Å²) in [5.41, 5.74) is 9.08. The Morgan fingerprint density at radius 3 is 2.88 bits per heavy atom. The molecule has 0 aliphatic carbocycles. The Morgan fingerprint density at radius 2 is 2.17 bits per heavy atom. The number of nitrogens with two attached hydrogens (primary N) is 1. The monoisotopic (exact) mass is 357 g/mol. The normalized spacial score (nSPS) is 12.2. The van der Waals surface area contributed by atoms with Crippen LogP contribution in [-0.4, -0.2) is 23.2 Å². The highest BCUT2D eigenvalue weighted by atomic mass is 35.5. The zero-order chi connectivity index (χ0) is 17.1. The molecule has 1 aromatic carbocycles. The number of thiophene rings is 1. The van der Waals surface area contributed by atoms with Gasteiger partial charge in [0.1, 0.15) is 0 Å². The van der Waals surface area contributed by atoms with Gasteiger partial charge in [0.15, 0.2) is 0 Å². The number of fused-ring (bicyclic) bond motifs is 1. The standard InChI is InChI=1S/C17H16ClN5S/c1-10-15(12-5-3-4-6-13(12)18)16-14(24-10)9-21-17(23-16)22-11(7-19)8-20-2/h3-9H,19H2,1-2H3,(H,21,22,23). The van der Waals surface area contributed by atoms with Gasteiger partial charge in [0, 0.05) is 40.5 Å². The maximum Gasteiger partial charge on any atom is 0.227 e. The van der Waals surface area contributed by atoms with Crippen molar-refractivity contribution in [2.75, 3.05) is 12.4 Å². The van der Waals surface area contributed by atoms with Crippen LogP contribution in [0.5, 0.6) is 0 Å². The average Bonchev–Trinajstić information content (AvgIpc) is 2.90. The zero-order valence-electron chi connectivity index (χ0n) is 13.2. The first kappa shape index (κ1) is 16.4. The Bertz CT molecular complexity index is 945. The lowest BCUT2D eigenvalue weighted by atomic mass is 10.1. The van der Waals surface area contributed by atoms with E-state index in [9.17, 15) is 0 Å². The van der Waals surface area contributed by atoms with Crippen molar-refractivity contribution < 1.29 is 0 Å². The molecule has 2 aromatic heterocycles. The third kappa shape index (κ3) is 3.11. The summed E-state index contributed by atoms with van der Waals surface area (Å²) in [4.78, 5) is 14.1. The summed E-state index contributed by atoms with van der Waals surface area (Å²) in [6.07, 6.45) is 4.84. The Balaban J connectivity index is 2.12. The third-order valence-corrected chi connectivity index (χ3v) is 4.81. The van der Waals surface area contributed by atoms with Crippen LogP contribution in [0.3, 0.4) is 0 Å². The Labute approximate surface area is 148 Å². The minimum atomic E-state index is 0.463. The summed E-state index contributed by atoms with van der Waals surface area (Å²) < 4.78 is 1.01. The lowest BCUT2D eigenvalue weighted by Crippen LogP contribution is -2.06. The van der Waals surface area contributed by atoms with E-state index >= 15 is 0 Å². The molecule has 0 fully saturated rings. The molecule has 0 aliphatic heterocycles. The molecular weight excluding hydrogens is 342 g/mol. The van der Waals surface area contributed by atoms with E-state index < -0.39 is 0 Å². The number of aryl methyl sites for hydroxylation is 1. The van der Waals surface area contributed by atoms with Gasteiger partial charge in [-0.3, -0.25) is 4.99 Å². The van der Waals surface area contributed by atoms with Crippen molar-refractivity contribution in [2.24, 2.45) is 10.7 Å². The Hall–Kier alpha value is -2.44. The summed E-state index contributed by atoms with van der Waals surface area (Å²) in [5.74, 6) is 0.463. The van der Waals surface area contributed by atoms with Gasteiger partial charge < -0.3 is 11.1 Å². The fourth-order valence-corrected chi connectivity index (χ4v) is 3.65. The van der Waals surface area contributed by atoms with E-state index in [1.807, 2.05) is 24.3 Å². The van der Waals surface area contributed by atoms with Crippen molar-refractivity contribution >= 4 is 45.3 Å². The second-order valence-corrected chi connectivity index (χ2v) is 6.72. The Kier molecular flexibility index (Phi) is 4.78. The van der Waals surface area contributed by atoms with Crippen LogP contribution in [-0.2, 0) is 0 Å². The molecule has 122 valence electrons. The molecule has 0 aliphatic rings. The number of rotatable bonds is 4. The highest BCUT2D eigenvalue weighted by molar-refractivity contribution is 7.19. The van der Waals surface area contributed by atoms with E-state index in [-0.39, 0.29) is 0 Å². The zero-order valence-corrected chi connectivity index (χ0v) is 14.8. The number of hydrogen-bond donors (Lipinski definition) is 2. The fraction of sp³-hybridized carbons (Fsp3) is 0.118. The molecule has 24 heavy (non-hydrogen) atoms. The molecule has 5 nitrogen and oxygen atoms in total. The van der Waals surface area contributed by atoms with Gasteiger partial charge in [0.05, 0.1) is 22.1 Å². The molecule has 0 atom stereocenters. The molecule has 0 bridgehead atoms. The number of halogens is 1. The first-order chi connectivity index (χ1) is 11.6. The van der Waals surface area contributed by atoms with Crippen molar-refractivity contribution in [1.29, 1.82) is 0 Å². The van der Waals surface area contributed by atoms with Gasteiger partial charge in [0.2, 0.25) is 5.95 Å². The first-order valence-corrected chi connectivity index (χ1v) is 8.45. The van der Waals surface area contributed by atoms with Gasteiger partial charge in [0.25, 0.3) is 0 Å². The van der Waals surface area contributed by atoms with Gasteiger partial charge in [-0.05, 0) is 13.0 Å². The molecular formula is C17H16ClN5S. The molecule has 0 radical (unpaired) electrons. The number of nitrogens with zero attached hydrogens (tertiary/aromatic N) is 3. The van der Waals surface area contributed by atoms with E-state index in [4.69, 9.17) is 17.3 Å². The van der Waals surface area contributed by atoms with E-state index in [2.05, 4.69) is 27.2 Å². The predicted molar refractivity (Wildman–Crippen MR) is 103 cm³/mol. The summed E-state index contributed by atoms with van der Waals surface area (Å²) >= 11 is 8.03. The third-order valence-electron chi connectivity index (χ3n) is 3.45. The fourth-order valence-electron chi connectivity index (χ4n) is 2.43. The molecule has 2 heterocycles. The van der Waals surface area contributed by atoms with Crippen LogP contribution in [0.25, 0.3) is 21.3 Å². The molecule has 0 spiro atoms. The van der Waals surface area contributed by atoms with Crippen LogP contribution < -0.4 is 11.1 Å². The molecule has 3 N–H and O–H groups in total. The van der Waals surface area contributed by atoms with Crippen molar-refractivity contribution in [1.82, 2.24) is 9.97 Å². The van der Waals surface area contributed by atoms with Gasteiger partial charge in [-0.1, -0.05) is 29.8 Å². The van der Waals surface area contributed by atoms with E-state index in [0.717, 1.165) is 26.2 Å². The minimum absolute atomic E-state index is 0.463. The summed E-state index contributed by atoms with van der Waals surface area (Å²) in [5, 5.41) is 3.76. The van der Waals surface area contributed by atoms with Crippen LogP contribution >= 0.6 is 22.9 Å². The first-order valence-electron chi connectivity index (χ1n) is 7.26. The molecule has 3 rings (SSSR count). The van der Waals surface area contributed by atoms with Crippen molar-refractivity contribution in [3.8, 4) is 11.1 Å². The number of allylic oxidation sites excluding steroid dienone is 1. The smallest absolute Gasteiger partial charge is 0.227 e. The minimum Gasteiger partial charge on any atom is -0.403 e. The number of aliphatic imine (C=N–C) groups is 1. The summed E-state index contributed by atoms with van der Waals surface area (Å²) in [6.45, 7) is 2.06. The van der Waals surface area contributed by atoms with Crippen LogP contribution in [0.1, 0.15) is 4.88 Å². The molecule has 0 amide bonds. The molecule has 0 saturated carbocycles. The highest BCUT2D eigenvalue weighted by Gasteiger charge is 2.16. The van der Waals surface area contributed by atoms with Gasteiger partial charge in [-0.25, -0.2) is 9.97 Å². The van der Waals surface area contributed by atoms with Crippen LogP contribution in [0.4, 0.5) is 5.95 Å². The summed E-state index contributed by atoms with van der Waals surface area (Å²) in [6, 6.07) is 7.77. The van der Waals surface area contributed by atoms with Gasteiger partial charge in [-0.2, -0.15) is 0 Å². The Morgan fingerprint density at radius 1 is 1.38 bits per heavy atom. The number of anilines is 1. The summed E-state index contributed by atoms with van der Waals surface area (Å²) in [7, 11) is 1.67. The molecule has 3 aromatic rings. The van der Waals surface area contributed by atoms with Crippen molar-refractivity contribution in [3.63, 3.8) is 0 Å². The van der Waals surface area contributed by atoms with E-state index in [0.29, 0.717) is 16.7 Å². The average molecular weight is 358 g/mol. The molecule has 0 unspecified atom stereocenters. The van der Waals surface area contributed by atoms with Crippen LogP contribution in [0.2, 0.25) is 5.02 Å². The SMILES string of the molecule is CN=CC(=CN)Nc1ncc2sc(C)c(-c3ccccc3Cl)c2n1. The van der Waals surface area contributed by atoms with Crippen molar-refractivity contribution in [3.05, 3.63) is 52.3 Å². The number of benzene rings is 1. The largest absolute Gasteiger partial charge is 0.403 e. The molecule has 7 heteroatoms.